The van der Waals surface area contributed by atoms with Crippen molar-refractivity contribution in [2.24, 2.45) is 0 Å². The number of thiophene rings is 1. The van der Waals surface area contributed by atoms with Crippen LogP contribution in [0, 0.1) is 0 Å². The normalized spacial score (nSPS) is 21.0. The quantitative estimate of drug-likeness (QED) is 0.608. The average Bonchev–Trinajstić information content (AvgIpc) is 3.22. The van der Waals surface area contributed by atoms with E-state index >= 15 is 0 Å². The number of phenolic OH excluding ortho intramolecular Hbond substituents is 1. The smallest absolute Gasteiger partial charge is 0.254 e. The summed E-state index contributed by atoms with van der Waals surface area (Å²) in [6.45, 7) is 16.6. The zero-order chi connectivity index (χ0) is 22.5. The van der Waals surface area contributed by atoms with E-state index in [4.69, 9.17) is 0 Å². The minimum atomic E-state index is -0.00122. The molecule has 5 nitrogen and oxygen atoms in total. The van der Waals surface area contributed by atoms with Crippen molar-refractivity contribution in [1.29, 1.82) is 0 Å². The number of rotatable bonds is 8. The Labute approximate surface area is 190 Å². The van der Waals surface area contributed by atoms with Crippen molar-refractivity contribution in [1.82, 2.24) is 14.7 Å². The van der Waals surface area contributed by atoms with Crippen LogP contribution < -0.4 is 0 Å². The van der Waals surface area contributed by atoms with Crippen LogP contribution in [0.25, 0.3) is 0 Å². The highest BCUT2D eigenvalue weighted by Crippen LogP contribution is 2.37. The second-order valence-electron chi connectivity index (χ2n) is 8.35. The highest BCUT2D eigenvalue weighted by Gasteiger charge is 2.35. The third-order valence-corrected chi connectivity index (χ3v) is 7.22. The summed E-state index contributed by atoms with van der Waals surface area (Å²) in [5.74, 6) is 0.351. The fraction of sp³-hybridized carbons (Fsp3) is 0.480. The Morgan fingerprint density at radius 1 is 1.26 bits per heavy atom. The lowest BCUT2D eigenvalue weighted by Crippen LogP contribution is -2.57. The number of piperazine rings is 1. The van der Waals surface area contributed by atoms with Crippen molar-refractivity contribution in [2.75, 3.05) is 32.7 Å². The Morgan fingerprint density at radius 2 is 2.00 bits per heavy atom. The summed E-state index contributed by atoms with van der Waals surface area (Å²) in [6, 6.07) is 10.3. The van der Waals surface area contributed by atoms with Gasteiger partial charge in [0.2, 0.25) is 0 Å². The molecule has 1 saturated heterocycles. The van der Waals surface area contributed by atoms with E-state index < -0.39 is 0 Å². The molecule has 1 aliphatic heterocycles. The molecule has 1 aromatic carbocycles. The largest absolute Gasteiger partial charge is 0.508 e. The first-order chi connectivity index (χ1) is 14.9. The number of amides is 1. The number of nitrogens with zero attached hydrogens (tertiary/aromatic N) is 3. The summed E-state index contributed by atoms with van der Waals surface area (Å²) in [5.41, 5.74) is 1.81. The second kappa shape index (κ2) is 10.4. The van der Waals surface area contributed by atoms with E-state index in [1.165, 1.54) is 0 Å². The van der Waals surface area contributed by atoms with E-state index in [9.17, 15) is 9.90 Å². The molecular weight excluding hydrogens is 406 g/mol. The van der Waals surface area contributed by atoms with E-state index in [2.05, 4.69) is 36.3 Å². The molecule has 1 N–H and O–H groups in total. The topological polar surface area (TPSA) is 47.0 Å². The van der Waals surface area contributed by atoms with Gasteiger partial charge in [0.1, 0.15) is 5.75 Å². The zero-order valence-corrected chi connectivity index (χ0v) is 19.9. The Hall–Kier alpha value is -2.15. The number of hydrogen-bond donors (Lipinski definition) is 1. The van der Waals surface area contributed by atoms with E-state index in [1.54, 1.807) is 17.4 Å². The lowest BCUT2D eigenvalue weighted by atomic mass is 9.97. The lowest BCUT2D eigenvalue weighted by Gasteiger charge is -2.47. The fourth-order valence-corrected chi connectivity index (χ4v) is 5.55. The average molecular weight is 442 g/mol. The van der Waals surface area contributed by atoms with Gasteiger partial charge in [0.15, 0.2) is 0 Å². The summed E-state index contributed by atoms with van der Waals surface area (Å²) in [7, 11) is 0. The summed E-state index contributed by atoms with van der Waals surface area (Å²) in [6.07, 6.45) is 1.97. The number of carbonyl (C=O) groups excluding carboxylic acids is 1. The van der Waals surface area contributed by atoms with Gasteiger partial charge in [-0.2, -0.15) is 0 Å². The van der Waals surface area contributed by atoms with Gasteiger partial charge in [0.05, 0.1) is 11.6 Å². The van der Waals surface area contributed by atoms with Crippen molar-refractivity contribution in [3.8, 4) is 5.75 Å². The molecule has 1 aromatic heterocycles. The Balaban J connectivity index is 1.97. The lowest BCUT2D eigenvalue weighted by molar-refractivity contribution is 0.0314. The number of carbonyl (C=O) groups is 1. The van der Waals surface area contributed by atoms with Crippen LogP contribution >= 0.6 is 11.3 Å². The van der Waals surface area contributed by atoms with Crippen LogP contribution in [0.3, 0.4) is 0 Å². The first-order valence-corrected chi connectivity index (χ1v) is 12.0. The molecule has 1 fully saturated rings. The molecule has 2 aromatic rings. The molecule has 3 unspecified atom stereocenters. The maximum absolute atomic E-state index is 12.9. The second-order valence-corrected chi connectivity index (χ2v) is 9.29. The molecule has 3 rings (SSSR count). The van der Waals surface area contributed by atoms with Crippen molar-refractivity contribution in [3.63, 3.8) is 0 Å². The predicted octanol–water partition coefficient (Wildman–Crippen LogP) is 4.61. The summed E-state index contributed by atoms with van der Waals surface area (Å²) >= 11 is 1.63. The molecule has 0 aliphatic carbocycles. The third kappa shape index (κ3) is 5.20. The first kappa shape index (κ1) is 23.5. The molecule has 31 heavy (non-hydrogen) atoms. The zero-order valence-electron chi connectivity index (χ0n) is 19.1. The molecule has 0 radical (unpaired) electrons. The van der Waals surface area contributed by atoms with Crippen LogP contribution in [0.15, 0.2) is 48.4 Å². The molecule has 168 valence electrons. The van der Waals surface area contributed by atoms with E-state index in [0.717, 1.165) is 35.6 Å². The molecule has 3 atom stereocenters. The molecule has 0 spiro atoms. The van der Waals surface area contributed by atoms with Crippen molar-refractivity contribution < 1.29 is 9.90 Å². The van der Waals surface area contributed by atoms with E-state index in [1.807, 2.05) is 48.4 Å². The summed E-state index contributed by atoms with van der Waals surface area (Å²) in [5, 5.41) is 12.2. The van der Waals surface area contributed by atoms with E-state index in [-0.39, 0.29) is 17.7 Å². The van der Waals surface area contributed by atoms with Gasteiger partial charge in [0, 0.05) is 55.1 Å². The van der Waals surface area contributed by atoms with Crippen LogP contribution in [0.1, 0.15) is 54.5 Å². The van der Waals surface area contributed by atoms with Crippen LogP contribution in [0.4, 0.5) is 0 Å². The standard InChI is InChI=1S/C25H35N3O2S/c1-6-12-27-15-19(5)28(16-18(27)4)24(20-10-9-11-22(29)13-20)23-14-21(17-31-23)25(30)26(7-2)8-3/h6,9-11,13-14,17-19,24,29H,1,7-8,12,15-16H2,2-5H3. The predicted molar refractivity (Wildman–Crippen MR) is 129 cm³/mol. The van der Waals surface area contributed by atoms with Gasteiger partial charge >= 0.3 is 0 Å². The Kier molecular flexibility index (Phi) is 7.92. The molecule has 1 aliphatic rings. The van der Waals surface area contributed by atoms with Crippen molar-refractivity contribution >= 4 is 17.2 Å². The molecule has 1 amide bonds. The van der Waals surface area contributed by atoms with Gasteiger partial charge in [-0.15, -0.1) is 17.9 Å². The highest BCUT2D eigenvalue weighted by atomic mass is 32.1. The van der Waals surface area contributed by atoms with Gasteiger partial charge in [0.25, 0.3) is 5.91 Å². The highest BCUT2D eigenvalue weighted by molar-refractivity contribution is 7.10. The minimum absolute atomic E-state index is 0.00122. The number of hydrogen-bond acceptors (Lipinski definition) is 5. The van der Waals surface area contributed by atoms with Crippen molar-refractivity contribution in [2.45, 2.75) is 45.8 Å². The molecule has 0 saturated carbocycles. The maximum atomic E-state index is 12.9. The van der Waals surface area contributed by atoms with Gasteiger partial charge < -0.3 is 10.0 Å². The number of benzene rings is 1. The number of phenols is 1. The minimum Gasteiger partial charge on any atom is -0.508 e. The van der Waals surface area contributed by atoms with Crippen LogP contribution in [0.5, 0.6) is 5.75 Å². The third-order valence-electron chi connectivity index (χ3n) is 6.23. The van der Waals surface area contributed by atoms with Crippen molar-refractivity contribution in [3.05, 3.63) is 64.4 Å². The SMILES string of the molecule is C=CCN1CC(C)N(C(c2cccc(O)c2)c2cc(C(=O)N(CC)CC)cs2)CC1C. The van der Waals surface area contributed by atoms with Crippen LogP contribution in [-0.2, 0) is 0 Å². The van der Waals surface area contributed by atoms with Gasteiger partial charge in [-0.3, -0.25) is 14.6 Å². The van der Waals surface area contributed by atoms with E-state index in [0.29, 0.717) is 25.2 Å². The maximum Gasteiger partial charge on any atom is 0.254 e. The summed E-state index contributed by atoms with van der Waals surface area (Å²) < 4.78 is 0. The van der Waals surface area contributed by atoms with Gasteiger partial charge in [-0.1, -0.05) is 18.2 Å². The van der Waals surface area contributed by atoms with Crippen LogP contribution in [0.2, 0.25) is 0 Å². The molecule has 0 bridgehead atoms. The molecule has 6 heteroatoms. The molecule has 2 heterocycles. The Morgan fingerprint density at radius 3 is 2.65 bits per heavy atom. The van der Waals surface area contributed by atoms with Gasteiger partial charge in [-0.25, -0.2) is 0 Å². The fourth-order valence-electron chi connectivity index (χ4n) is 4.52. The Bertz CT molecular complexity index is 892. The monoisotopic (exact) mass is 441 g/mol. The first-order valence-electron chi connectivity index (χ1n) is 11.2. The molecular formula is C25H35N3O2S. The van der Waals surface area contributed by atoms with Crippen LogP contribution in [-0.4, -0.2) is 70.5 Å². The summed E-state index contributed by atoms with van der Waals surface area (Å²) in [4.78, 5) is 20.9. The van der Waals surface area contributed by atoms with Gasteiger partial charge in [-0.05, 0) is 51.5 Å². The number of aromatic hydroxyl groups is 1.